The third-order valence-electron chi connectivity index (χ3n) is 4.43. The Morgan fingerprint density at radius 2 is 1.77 bits per heavy atom. The highest BCUT2D eigenvalue weighted by atomic mass is 19.1. The minimum absolute atomic E-state index is 0.0361. The molecule has 0 fully saturated rings. The fourth-order valence-electron chi connectivity index (χ4n) is 3.03. The number of carbonyl (C=O) groups excluding carboxylic acids is 1. The van der Waals surface area contributed by atoms with E-state index in [0.29, 0.717) is 12.1 Å². The Bertz CT molecular complexity index is 852. The van der Waals surface area contributed by atoms with Crippen molar-refractivity contribution in [3.63, 3.8) is 0 Å². The van der Waals surface area contributed by atoms with Gasteiger partial charge in [0.1, 0.15) is 5.82 Å². The van der Waals surface area contributed by atoms with Crippen LogP contribution in [0.4, 0.5) is 4.39 Å². The van der Waals surface area contributed by atoms with Crippen LogP contribution in [0.1, 0.15) is 29.0 Å². The van der Waals surface area contributed by atoms with Crippen LogP contribution in [0.25, 0.3) is 0 Å². The maximum Gasteiger partial charge on any atom is 0.223 e. The maximum atomic E-state index is 14.4. The molecule has 0 N–H and O–H groups in total. The molecule has 1 unspecified atom stereocenters. The highest BCUT2D eigenvalue weighted by Gasteiger charge is 2.22. The molecule has 4 heteroatoms. The molecule has 0 spiro atoms. The molecule has 0 aliphatic heterocycles. The maximum absolute atomic E-state index is 14.4. The van der Waals surface area contributed by atoms with Gasteiger partial charge in [-0.3, -0.25) is 9.78 Å². The number of halogens is 1. The summed E-state index contributed by atoms with van der Waals surface area (Å²) < 4.78 is 14.4. The zero-order chi connectivity index (χ0) is 18.4. The van der Waals surface area contributed by atoms with E-state index in [1.54, 1.807) is 42.5 Å². The van der Waals surface area contributed by atoms with Crippen molar-refractivity contribution in [2.75, 3.05) is 7.05 Å². The summed E-state index contributed by atoms with van der Waals surface area (Å²) in [6, 6.07) is 20.0. The fraction of sp³-hybridized carbons (Fsp3) is 0.182. The monoisotopic (exact) mass is 348 g/mol. The van der Waals surface area contributed by atoms with Gasteiger partial charge in [0.2, 0.25) is 5.91 Å². The first-order chi connectivity index (χ1) is 12.6. The number of nitrogens with zero attached hydrogens (tertiary/aromatic N) is 2. The van der Waals surface area contributed by atoms with Crippen LogP contribution in [0.2, 0.25) is 0 Å². The van der Waals surface area contributed by atoms with Gasteiger partial charge in [-0.2, -0.15) is 0 Å². The van der Waals surface area contributed by atoms with Crippen molar-refractivity contribution in [1.29, 1.82) is 0 Å². The molecule has 26 heavy (non-hydrogen) atoms. The zero-order valence-corrected chi connectivity index (χ0v) is 14.7. The Hall–Kier alpha value is -3.01. The lowest BCUT2D eigenvalue weighted by atomic mass is 9.87. The van der Waals surface area contributed by atoms with E-state index in [2.05, 4.69) is 4.98 Å². The average Bonchev–Trinajstić information content (AvgIpc) is 2.68. The Kier molecular flexibility index (Phi) is 5.74. The van der Waals surface area contributed by atoms with E-state index >= 15 is 0 Å². The van der Waals surface area contributed by atoms with Gasteiger partial charge in [-0.05, 0) is 28.8 Å². The van der Waals surface area contributed by atoms with Crippen molar-refractivity contribution < 1.29 is 9.18 Å². The lowest BCUT2D eigenvalue weighted by Gasteiger charge is -2.23. The predicted octanol–water partition coefficient (Wildman–Crippen LogP) is 4.40. The first-order valence-corrected chi connectivity index (χ1v) is 8.57. The van der Waals surface area contributed by atoms with Crippen LogP contribution in [0.5, 0.6) is 0 Å². The van der Waals surface area contributed by atoms with Crippen molar-refractivity contribution in [2.45, 2.75) is 18.9 Å². The molecule has 132 valence electrons. The molecule has 1 atom stereocenters. The minimum Gasteiger partial charge on any atom is -0.341 e. The van der Waals surface area contributed by atoms with Crippen LogP contribution in [-0.4, -0.2) is 22.8 Å². The molecule has 3 rings (SSSR count). The van der Waals surface area contributed by atoms with Gasteiger partial charge in [0.25, 0.3) is 0 Å². The highest BCUT2D eigenvalue weighted by molar-refractivity contribution is 5.77. The van der Waals surface area contributed by atoms with Crippen molar-refractivity contribution in [1.82, 2.24) is 9.88 Å². The van der Waals surface area contributed by atoms with Crippen LogP contribution in [-0.2, 0) is 11.3 Å². The molecule has 0 bridgehead atoms. The molecule has 3 aromatic rings. The average molecular weight is 348 g/mol. The number of benzene rings is 2. The number of aromatic nitrogens is 1. The molecule has 0 radical (unpaired) electrons. The summed E-state index contributed by atoms with van der Waals surface area (Å²) in [5.41, 5.74) is 2.44. The van der Waals surface area contributed by atoms with E-state index < -0.39 is 0 Å². The summed E-state index contributed by atoms with van der Waals surface area (Å²) in [7, 11) is 1.76. The number of hydrogen-bond acceptors (Lipinski definition) is 2. The second-order valence-corrected chi connectivity index (χ2v) is 6.30. The SMILES string of the molecule is CN(Cc1cccnc1)C(=O)CC(c1ccccc1)c1ccccc1F. The molecule has 1 amide bonds. The largest absolute Gasteiger partial charge is 0.341 e. The molecule has 0 saturated heterocycles. The normalized spacial score (nSPS) is 11.8. The van der Waals surface area contributed by atoms with E-state index in [-0.39, 0.29) is 24.1 Å². The summed E-state index contributed by atoms with van der Waals surface area (Å²) >= 11 is 0. The smallest absolute Gasteiger partial charge is 0.223 e. The fourth-order valence-corrected chi connectivity index (χ4v) is 3.03. The molecular weight excluding hydrogens is 327 g/mol. The van der Waals surface area contributed by atoms with E-state index in [1.807, 2.05) is 42.5 Å². The Morgan fingerprint density at radius 3 is 2.46 bits per heavy atom. The third kappa shape index (κ3) is 4.33. The zero-order valence-electron chi connectivity index (χ0n) is 14.7. The van der Waals surface area contributed by atoms with Crippen molar-refractivity contribution in [2.24, 2.45) is 0 Å². The Balaban J connectivity index is 1.82. The van der Waals surface area contributed by atoms with Gasteiger partial charge in [0, 0.05) is 38.3 Å². The van der Waals surface area contributed by atoms with Crippen LogP contribution >= 0.6 is 0 Å². The standard InChI is InChI=1S/C22H21FN2O/c1-25(16-17-8-7-13-24-15-17)22(26)14-20(18-9-3-2-4-10-18)19-11-5-6-12-21(19)23/h2-13,15,20H,14,16H2,1H3. The van der Waals surface area contributed by atoms with E-state index in [9.17, 15) is 9.18 Å². The van der Waals surface area contributed by atoms with Crippen LogP contribution < -0.4 is 0 Å². The summed E-state index contributed by atoms with van der Waals surface area (Å²) in [5.74, 6) is -0.642. The summed E-state index contributed by atoms with van der Waals surface area (Å²) in [5, 5.41) is 0. The molecule has 0 aliphatic carbocycles. The number of carbonyl (C=O) groups is 1. The van der Waals surface area contributed by atoms with Gasteiger partial charge in [-0.1, -0.05) is 54.6 Å². The van der Waals surface area contributed by atoms with Gasteiger partial charge in [0.05, 0.1) is 0 Å². The Morgan fingerprint density at radius 1 is 1.04 bits per heavy atom. The lowest BCUT2D eigenvalue weighted by Crippen LogP contribution is -2.28. The quantitative estimate of drug-likeness (QED) is 0.661. The number of rotatable bonds is 6. The molecule has 1 aromatic heterocycles. The molecular formula is C22H21FN2O. The van der Waals surface area contributed by atoms with Crippen molar-refractivity contribution in [3.05, 3.63) is 102 Å². The van der Waals surface area contributed by atoms with Gasteiger partial charge >= 0.3 is 0 Å². The van der Waals surface area contributed by atoms with Gasteiger partial charge < -0.3 is 4.90 Å². The second kappa shape index (κ2) is 8.39. The van der Waals surface area contributed by atoms with Crippen LogP contribution in [0.3, 0.4) is 0 Å². The number of amides is 1. The van der Waals surface area contributed by atoms with E-state index in [4.69, 9.17) is 0 Å². The van der Waals surface area contributed by atoms with E-state index in [0.717, 1.165) is 11.1 Å². The first-order valence-electron chi connectivity index (χ1n) is 8.57. The summed E-state index contributed by atoms with van der Waals surface area (Å²) in [6.45, 7) is 0.478. The molecule has 1 heterocycles. The second-order valence-electron chi connectivity index (χ2n) is 6.30. The van der Waals surface area contributed by atoms with Crippen LogP contribution in [0.15, 0.2) is 79.1 Å². The Labute approximate surface area is 153 Å². The van der Waals surface area contributed by atoms with Crippen molar-refractivity contribution in [3.8, 4) is 0 Å². The van der Waals surface area contributed by atoms with Crippen molar-refractivity contribution >= 4 is 5.91 Å². The number of hydrogen-bond donors (Lipinski definition) is 0. The first kappa shape index (κ1) is 17.8. The topological polar surface area (TPSA) is 33.2 Å². The van der Waals surface area contributed by atoms with Gasteiger partial charge in [-0.15, -0.1) is 0 Å². The van der Waals surface area contributed by atoms with Crippen LogP contribution in [0, 0.1) is 5.82 Å². The molecule has 2 aromatic carbocycles. The highest BCUT2D eigenvalue weighted by Crippen LogP contribution is 2.30. The van der Waals surface area contributed by atoms with Gasteiger partial charge in [0.15, 0.2) is 0 Å². The lowest BCUT2D eigenvalue weighted by molar-refractivity contribution is -0.130. The summed E-state index contributed by atoms with van der Waals surface area (Å²) in [4.78, 5) is 18.5. The predicted molar refractivity (Wildman–Crippen MR) is 100 cm³/mol. The molecule has 0 aliphatic rings. The van der Waals surface area contributed by atoms with E-state index in [1.165, 1.54) is 6.07 Å². The summed E-state index contributed by atoms with van der Waals surface area (Å²) in [6.07, 6.45) is 3.66. The minimum atomic E-state index is -0.318. The third-order valence-corrected chi connectivity index (χ3v) is 4.43. The number of pyridine rings is 1. The van der Waals surface area contributed by atoms with Gasteiger partial charge in [-0.25, -0.2) is 4.39 Å². The molecule has 0 saturated carbocycles. The molecule has 3 nitrogen and oxygen atoms in total.